The number of hydrogen-bond acceptors (Lipinski definition) is 5. The number of anilines is 1. The Bertz CT molecular complexity index is 777. The lowest BCUT2D eigenvalue weighted by atomic mass is 10.1. The number of nitrogens with one attached hydrogen (secondary N) is 1. The van der Waals surface area contributed by atoms with Gasteiger partial charge >= 0.3 is 5.97 Å². The maximum atomic E-state index is 11.3. The van der Waals surface area contributed by atoms with E-state index in [4.69, 9.17) is 4.42 Å². The Morgan fingerprint density at radius 2 is 2.33 bits per heavy atom. The summed E-state index contributed by atoms with van der Waals surface area (Å²) in [6, 6.07) is 3.70. The van der Waals surface area contributed by atoms with Crippen LogP contribution in [0, 0.1) is 0 Å². The molecule has 21 heavy (non-hydrogen) atoms. The van der Waals surface area contributed by atoms with Crippen LogP contribution in [-0.4, -0.2) is 32.4 Å². The first-order chi connectivity index (χ1) is 10.2. The molecule has 0 amide bonds. The maximum Gasteiger partial charge on any atom is 0.339 e. The minimum absolute atomic E-state index is 0.134. The van der Waals surface area contributed by atoms with E-state index in [0.29, 0.717) is 29.7 Å². The Morgan fingerprint density at radius 1 is 1.48 bits per heavy atom. The van der Waals surface area contributed by atoms with E-state index >= 15 is 0 Å². The molecular weight excluding hydrogens is 272 g/mol. The molecule has 0 aliphatic heterocycles. The summed E-state index contributed by atoms with van der Waals surface area (Å²) in [5.74, 6) is -0.176. The molecule has 7 heteroatoms. The highest BCUT2D eigenvalue weighted by atomic mass is 16.4. The lowest BCUT2D eigenvalue weighted by Gasteiger charge is -2.10. The second-order valence-electron chi connectivity index (χ2n) is 4.61. The SMILES string of the molecule is Cn1ncc2c(NCCc3ccco3)c(C(=O)O)cnc21. The van der Waals surface area contributed by atoms with E-state index < -0.39 is 5.97 Å². The summed E-state index contributed by atoms with van der Waals surface area (Å²) in [5, 5.41) is 17.3. The molecule has 0 saturated carbocycles. The summed E-state index contributed by atoms with van der Waals surface area (Å²) in [4.78, 5) is 15.5. The lowest BCUT2D eigenvalue weighted by Crippen LogP contribution is -2.10. The number of carboxylic acid groups (broad SMARTS) is 1. The van der Waals surface area contributed by atoms with Gasteiger partial charge < -0.3 is 14.8 Å². The molecule has 3 heterocycles. The van der Waals surface area contributed by atoms with E-state index in [2.05, 4.69) is 15.4 Å². The van der Waals surface area contributed by atoms with Crippen molar-refractivity contribution in [2.24, 2.45) is 7.05 Å². The Kier molecular flexibility index (Phi) is 3.31. The summed E-state index contributed by atoms with van der Waals surface area (Å²) in [6.07, 6.45) is 5.24. The minimum atomic E-state index is -1.02. The number of hydrogen-bond donors (Lipinski definition) is 2. The van der Waals surface area contributed by atoms with Gasteiger partial charge in [0.15, 0.2) is 5.65 Å². The molecule has 0 saturated heterocycles. The van der Waals surface area contributed by atoms with Gasteiger partial charge in [0.05, 0.1) is 23.5 Å². The van der Waals surface area contributed by atoms with E-state index in [0.717, 1.165) is 5.76 Å². The standard InChI is InChI=1S/C14H14N4O3/c1-18-13-10(8-17-18)12(11(7-16-13)14(19)20)15-5-4-9-3-2-6-21-9/h2-3,6-8H,4-5H2,1H3,(H,15,16)(H,19,20). The number of pyridine rings is 1. The number of aromatic nitrogens is 3. The maximum absolute atomic E-state index is 11.3. The monoisotopic (exact) mass is 286 g/mol. The van der Waals surface area contributed by atoms with Gasteiger partial charge in [-0.2, -0.15) is 5.10 Å². The summed E-state index contributed by atoms with van der Waals surface area (Å²) in [6.45, 7) is 0.557. The normalized spacial score (nSPS) is 10.9. The van der Waals surface area contributed by atoms with Crippen molar-refractivity contribution < 1.29 is 14.3 Å². The molecule has 0 aromatic carbocycles. The Balaban J connectivity index is 1.90. The fraction of sp³-hybridized carbons (Fsp3) is 0.214. The Labute approximate surface area is 120 Å². The van der Waals surface area contributed by atoms with Crippen molar-refractivity contribution in [1.82, 2.24) is 14.8 Å². The predicted octanol–water partition coefficient (Wildman–Crippen LogP) is 1.91. The van der Waals surface area contributed by atoms with Gasteiger partial charge in [0.25, 0.3) is 0 Å². The van der Waals surface area contributed by atoms with Crippen LogP contribution in [0.15, 0.2) is 35.2 Å². The molecule has 0 bridgehead atoms. The molecule has 3 rings (SSSR count). The van der Waals surface area contributed by atoms with E-state index in [-0.39, 0.29) is 5.56 Å². The van der Waals surface area contributed by atoms with Crippen molar-refractivity contribution in [2.75, 3.05) is 11.9 Å². The first-order valence-electron chi connectivity index (χ1n) is 6.47. The first-order valence-corrected chi connectivity index (χ1v) is 6.47. The third kappa shape index (κ3) is 2.45. The number of rotatable bonds is 5. The van der Waals surface area contributed by atoms with Crippen LogP contribution in [0.2, 0.25) is 0 Å². The van der Waals surface area contributed by atoms with Crippen LogP contribution in [0.3, 0.4) is 0 Å². The number of aryl methyl sites for hydroxylation is 1. The quantitative estimate of drug-likeness (QED) is 0.744. The largest absolute Gasteiger partial charge is 0.478 e. The molecule has 0 spiro atoms. The zero-order valence-electron chi connectivity index (χ0n) is 11.4. The predicted molar refractivity (Wildman–Crippen MR) is 76.4 cm³/mol. The molecule has 0 unspecified atom stereocenters. The molecule has 0 atom stereocenters. The van der Waals surface area contributed by atoms with Crippen LogP contribution in [0.4, 0.5) is 5.69 Å². The van der Waals surface area contributed by atoms with Gasteiger partial charge in [-0.3, -0.25) is 4.68 Å². The lowest BCUT2D eigenvalue weighted by molar-refractivity contribution is 0.0697. The zero-order valence-corrected chi connectivity index (χ0v) is 11.4. The highest BCUT2D eigenvalue weighted by molar-refractivity contribution is 6.03. The van der Waals surface area contributed by atoms with Crippen molar-refractivity contribution in [3.63, 3.8) is 0 Å². The second kappa shape index (κ2) is 5.28. The van der Waals surface area contributed by atoms with E-state index in [1.165, 1.54) is 6.20 Å². The van der Waals surface area contributed by atoms with Gasteiger partial charge in [0.1, 0.15) is 11.3 Å². The number of carbonyl (C=O) groups is 1. The molecule has 0 aliphatic rings. The van der Waals surface area contributed by atoms with Crippen molar-refractivity contribution in [1.29, 1.82) is 0 Å². The van der Waals surface area contributed by atoms with Crippen molar-refractivity contribution in [3.05, 3.63) is 42.1 Å². The first kappa shape index (κ1) is 13.2. The van der Waals surface area contributed by atoms with E-state index in [1.54, 1.807) is 24.2 Å². The van der Waals surface area contributed by atoms with Crippen molar-refractivity contribution >= 4 is 22.7 Å². The highest BCUT2D eigenvalue weighted by Crippen LogP contribution is 2.25. The average Bonchev–Trinajstić information content (AvgIpc) is 3.09. The summed E-state index contributed by atoms with van der Waals surface area (Å²) >= 11 is 0. The van der Waals surface area contributed by atoms with Gasteiger partial charge in [-0.25, -0.2) is 9.78 Å². The van der Waals surface area contributed by atoms with Gasteiger partial charge in [-0.15, -0.1) is 0 Å². The smallest absolute Gasteiger partial charge is 0.339 e. The van der Waals surface area contributed by atoms with Crippen LogP contribution < -0.4 is 5.32 Å². The van der Waals surface area contributed by atoms with Crippen molar-refractivity contribution in [2.45, 2.75) is 6.42 Å². The Morgan fingerprint density at radius 3 is 3.05 bits per heavy atom. The molecule has 2 N–H and O–H groups in total. The number of carboxylic acids is 1. The van der Waals surface area contributed by atoms with Crippen LogP contribution in [-0.2, 0) is 13.5 Å². The van der Waals surface area contributed by atoms with Gasteiger partial charge in [0.2, 0.25) is 0 Å². The highest BCUT2D eigenvalue weighted by Gasteiger charge is 2.16. The summed E-state index contributed by atoms with van der Waals surface area (Å²) in [7, 11) is 1.77. The third-order valence-electron chi connectivity index (χ3n) is 3.25. The molecular formula is C14H14N4O3. The second-order valence-corrected chi connectivity index (χ2v) is 4.61. The van der Waals surface area contributed by atoms with Crippen LogP contribution in [0.1, 0.15) is 16.1 Å². The molecule has 0 radical (unpaired) electrons. The minimum Gasteiger partial charge on any atom is -0.478 e. The number of fused-ring (bicyclic) bond motifs is 1. The van der Waals surface area contributed by atoms with Gasteiger partial charge in [0, 0.05) is 26.2 Å². The fourth-order valence-corrected chi connectivity index (χ4v) is 2.21. The Hall–Kier alpha value is -2.83. The van der Waals surface area contributed by atoms with Crippen LogP contribution in [0.25, 0.3) is 11.0 Å². The number of furan rings is 1. The number of nitrogens with zero attached hydrogens (tertiary/aromatic N) is 3. The average molecular weight is 286 g/mol. The molecule has 0 aliphatic carbocycles. The summed E-state index contributed by atoms with van der Waals surface area (Å²) in [5.41, 5.74) is 1.31. The van der Waals surface area contributed by atoms with E-state index in [1.807, 2.05) is 12.1 Å². The van der Waals surface area contributed by atoms with Gasteiger partial charge in [-0.1, -0.05) is 0 Å². The van der Waals surface area contributed by atoms with E-state index in [9.17, 15) is 9.90 Å². The van der Waals surface area contributed by atoms with Crippen LogP contribution in [0.5, 0.6) is 0 Å². The van der Waals surface area contributed by atoms with Gasteiger partial charge in [-0.05, 0) is 12.1 Å². The molecule has 3 aromatic rings. The molecule has 3 aromatic heterocycles. The summed E-state index contributed by atoms with van der Waals surface area (Å²) < 4.78 is 6.87. The third-order valence-corrected chi connectivity index (χ3v) is 3.25. The van der Waals surface area contributed by atoms with Crippen molar-refractivity contribution in [3.8, 4) is 0 Å². The fourth-order valence-electron chi connectivity index (χ4n) is 2.21. The molecule has 108 valence electrons. The zero-order chi connectivity index (χ0) is 14.8. The topological polar surface area (TPSA) is 93.2 Å². The number of aromatic carboxylic acids is 1. The molecule has 0 fully saturated rings. The molecule has 7 nitrogen and oxygen atoms in total. The van der Waals surface area contributed by atoms with Crippen LogP contribution >= 0.6 is 0 Å².